The van der Waals surface area contributed by atoms with E-state index in [2.05, 4.69) is 44.8 Å². The van der Waals surface area contributed by atoms with Gasteiger partial charge in [0, 0.05) is 6.04 Å². The summed E-state index contributed by atoms with van der Waals surface area (Å²) < 4.78 is 0. The van der Waals surface area contributed by atoms with Gasteiger partial charge >= 0.3 is 0 Å². The summed E-state index contributed by atoms with van der Waals surface area (Å²) in [6, 6.07) is 0.491. The third-order valence-corrected chi connectivity index (χ3v) is 5.54. The van der Waals surface area contributed by atoms with Gasteiger partial charge < -0.3 is 4.90 Å². The Morgan fingerprint density at radius 3 is 2.53 bits per heavy atom. The number of amides is 1. The van der Waals surface area contributed by atoms with E-state index in [1.807, 2.05) is 0 Å². The highest BCUT2D eigenvalue weighted by molar-refractivity contribution is 5.84. The van der Waals surface area contributed by atoms with Crippen molar-refractivity contribution >= 4 is 5.91 Å². The lowest BCUT2D eigenvalue weighted by Gasteiger charge is -2.39. The summed E-state index contributed by atoms with van der Waals surface area (Å²) in [5, 5.41) is 3.50. The number of hydrogen-bond donors (Lipinski definition) is 1. The molecule has 6 atom stereocenters. The zero-order chi connectivity index (χ0) is 14.2. The fourth-order valence-corrected chi connectivity index (χ4v) is 3.67. The average Bonchev–Trinajstić information content (AvgIpc) is 2.68. The van der Waals surface area contributed by atoms with Crippen molar-refractivity contribution in [3.05, 3.63) is 0 Å². The molecule has 3 heteroatoms. The molecule has 2 aliphatic rings. The van der Waals surface area contributed by atoms with Gasteiger partial charge in [-0.05, 0) is 43.9 Å². The molecule has 1 heterocycles. The molecular weight excluding hydrogens is 236 g/mol. The van der Waals surface area contributed by atoms with Gasteiger partial charge in [-0.25, -0.2) is 0 Å². The molecule has 6 unspecified atom stereocenters. The summed E-state index contributed by atoms with van der Waals surface area (Å²) in [6.07, 6.45) is 4.87. The van der Waals surface area contributed by atoms with Crippen LogP contribution in [0.3, 0.4) is 0 Å². The SMILES string of the molecule is CCC(C)C1NC(C)N(C2CCC(C)C(C)C2)C1=O. The molecule has 1 N–H and O–H groups in total. The lowest BCUT2D eigenvalue weighted by molar-refractivity contribution is -0.134. The van der Waals surface area contributed by atoms with Crippen molar-refractivity contribution in [1.82, 2.24) is 10.2 Å². The first-order chi connectivity index (χ1) is 8.95. The Hall–Kier alpha value is -0.570. The van der Waals surface area contributed by atoms with Crippen LogP contribution in [-0.2, 0) is 4.79 Å². The van der Waals surface area contributed by atoms with Crippen molar-refractivity contribution in [3.63, 3.8) is 0 Å². The number of hydrogen-bond acceptors (Lipinski definition) is 2. The van der Waals surface area contributed by atoms with Gasteiger partial charge in [0.25, 0.3) is 0 Å². The van der Waals surface area contributed by atoms with Crippen LogP contribution in [0, 0.1) is 17.8 Å². The largest absolute Gasteiger partial charge is 0.323 e. The minimum absolute atomic E-state index is 0.0367. The number of rotatable bonds is 3. The predicted octanol–water partition coefficient (Wildman–Crippen LogP) is 3.00. The monoisotopic (exact) mass is 266 g/mol. The number of nitrogens with one attached hydrogen (secondary N) is 1. The molecule has 19 heavy (non-hydrogen) atoms. The van der Waals surface area contributed by atoms with Crippen LogP contribution in [0.1, 0.15) is 60.3 Å². The Balaban J connectivity index is 2.06. The second-order valence-electron chi connectivity index (χ2n) is 6.87. The topological polar surface area (TPSA) is 32.3 Å². The van der Waals surface area contributed by atoms with Gasteiger partial charge in [-0.1, -0.05) is 34.1 Å². The maximum atomic E-state index is 12.7. The van der Waals surface area contributed by atoms with Crippen molar-refractivity contribution in [2.75, 3.05) is 0 Å². The lowest BCUT2D eigenvalue weighted by atomic mass is 9.78. The fourth-order valence-electron chi connectivity index (χ4n) is 3.67. The summed E-state index contributed by atoms with van der Waals surface area (Å²) in [5.41, 5.74) is 0. The highest BCUT2D eigenvalue weighted by Crippen LogP contribution is 2.34. The van der Waals surface area contributed by atoms with Gasteiger partial charge in [0.05, 0.1) is 12.2 Å². The van der Waals surface area contributed by atoms with E-state index in [0.717, 1.165) is 18.3 Å². The summed E-state index contributed by atoms with van der Waals surface area (Å²) in [4.78, 5) is 14.8. The molecule has 2 rings (SSSR count). The quantitative estimate of drug-likeness (QED) is 0.851. The molecule has 110 valence electrons. The minimum Gasteiger partial charge on any atom is -0.323 e. The van der Waals surface area contributed by atoms with Crippen LogP contribution in [-0.4, -0.2) is 29.1 Å². The molecule has 0 aromatic heterocycles. The van der Waals surface area contributed by atoms with Crippen molar-refractivity contribution < 1.29 is 4.79 Å². The van der Waals surface area contributed by atoms with Crippen LogP contribution in [0.15, 0.2) is 0 Å². The molecule has 1 aliphatic carbocycles. The standard InChI is InChI=1S/C16H30N2O/c1-6-10(2)15-16(19)18(13(5)17-15)14-8-7-11(3)12(4)9-14/h10-15,17H,6-9H2,1-5H3. The third kappa shape index (κ3) is 2.81. The van der Waals surface area contributed by atoms with E-state index in [-0.39, 0.29) is 12.2 Å². The van der Waals surface area contributed by atoms with Crippen molar-refractivity contribution in [2.24, 2.45) is 17.8 Å². The Morgan fingerprint density at radius 2 is 1.95 bits per heavy atom. The van der Waals surface area contributed by atoms with E-state index in [1.54, 1.807) is 0 Å². The molecule has 1 saturated heterocycles. The minimum atomic E-state index is 0.0367. The van der Waals surface area contributed by atoms with Crippen LogP contribution in [0.5, 0.6) is 0 Å². The summed E-state index contributed by atoms with van der Waals surface area (Å²) in [6.45, 7) is 11.2. The van der Waals surface area contributed by atoms with Crippen LogP contribution >= 0.6 is 0 Å². The molecule has 1 aliphatic heterocycles. The summed E-state index contributed by atoms with van der Waals surface area (Å²) in [7, 11) is 0. The zero-order valence-corrected chi connectivity index (χ0v) is 13.1. The Bertz CT molecular complexity index is 331. The normalized spacial score (nSPS) is 41.6. The maximum absolute atomic E-state index is 12.7. The number of nitrogens with zero attached hydrogens (tertiary/aromatic N) is 1. The van der Waals surface area contributed by atoms with E-state index in [0.29, 0.717) is 17.9 Å². The Kier molecular flexibility index (Phi) is 4.54. The molecule has 0 aromatic carbocycles. The van der Waals surface area contributed by atoms with Gasteiger partial charge in [-0.15, -0.1) is 0 Å². The summed E-state index contributed by atoms with van der Waals surface area (Å²) in [5.74, 6) is 2.32. The predicted molar refractivity (Wildman–Crippen MR) is 78.7 cm³/mol. The van der Waals surface area contributed by atoms with E-state index in [4.69, 9.17) is 0 Å². The van der Waals surface area contributed by atoms with Crippen LogP contribution in [0.2, 0.25) is 0 Å². The first-order valence-corrected chi connectivity index (χ1v) is 8.03. The van der Waals surface area contributed by atoms with Gasteiger partial charge in [0.1, 0.15) is 0 Å². The fraction of sp³-hybridized carbons (Fsp3) is 0.938. The van der Waals surface area contributed by atoms with Gasteiger partial charge in [0.2, 0.25) is 5.91 Å². The molecular formula is C16H30N2O. The molecule has 0 spiro atoms. The molecule has 0 aromatic rings. The molecule has 2 fully saturated rings. The third-order valence-electron chi connectivity index (χ3n) is 5.54. The first kappa shape index (κ1) is 14.8. The number of carbonyl (C=O) groups is 1. The number of carbonyl (C=O) groups excluding carboxylic acids is 1. The molecule has 0 bridgehead atoms. The second-order valence-corrected chi connectivity index (χ2v) is 6.87. The highest BCUT2D eigenvalue weighted by atomic mass is 16.2. The first-order valence-electron chi connectivity index (χ1n) is 8.03. The molecule has 0 radical (unpaired) electrons. The van der Waals surface area contributed by atoms with Crippen LogP contribution in [0.25, 0.3) is 0 Å². The van der Waals surface area contributed by atoms with Crippen molar-refractivity contribution in [3.8, 4) is 0 Å². The van der Waals surface area contributed by atoms with Gasteiger partial charge in [-0.2, -0.15) is 0 Å². The van der Waals surface area contributed by atoms with E-state index >= 15 is 0 Å². The average molecular weight is 266 g/mol. The second kappa shape index (κ2) is 5.82. The lowest BCUT2D eigenvalue weighted by Crippen LogP contribution is -2.46. The molecule has 1 saturated carbocycles. The zero-order valence-electron chi connectivity index (χ0n) is 13.1. The smallest absolute Gasteiger partial charge is 0.241 e. The van der Waals surface area contributed by atoms with E-state index in [1.165, 1.54) is 19.3 Å². The Labute approximate surface area is 118 Å². The van der Waals surface area contributed by atoms with Gasteiger partial charge in [-0.3, -0.25) is 10.1 Å². The molecule has 3 nitrogen and oxygen atoms in total. The van der Waals surface area contributed by atoms with Gasteiger partial charge in [0.15, 0.2) is 0 Å². The van der Waals surface area contributed by atoms with E-state index < -0.39 is 0 Å². The van der Waals surface area contributed by atoms with Crippen LogP contribution in [0.4, 0.5) is 0 Å². The summed E-state index contributed by atoms with van der Waals surface area (Å²) >= 11 is 0. The van der Waals surface area contributed by atoms with Crippen molar-refractivity contribution in [2.45, 2.75) is 78.6 Å². The highest BCUT2D eigenvalue weighted by Gasteiger charge is 2.43. The maximum Gasteiger partial charge on any atom is 0.241 e. The van der Waals surface area contributed by atoms with E-state index in [9.17, 15) is 4.79 Å². The van der Waals surface area contributed by atoms with Crippen LogP contribution < -0.4 is 5.32 Å². The van der Waals surface area contributed by atoms with Crippen molar-refractivity contribution in [1.29, 1.82) is 0 Å². The Morgan fingerprint density at radius 1 is 1.26 bits per heavy atom. The molecule has 1 amide bonds.